The summed E-state index contributed by atoms with van der Waals surface area (Å²) in [6, 6.07) is 9.00. The van der Waals surface area contributed by atoms with E-state index in [1.807, 2.05) is 29.6 Å². The molecule has 1 aliphatic rings. The van der Waals surface area contributed by atoms with Gasteiger partial charge in [0.2, 0.25) is 10.0 Å². The number of benzene rings is 1. The van der Waals surface area contributed by atoms with E-state index in [1.54, 1.807) is 11.0 Å². The van der Waals surface area contributed by atoms with Gasteiger partial charge in [0.15, 0.2) is 0 Å². The van der Waals surface area contributed by atoms with E-state index in [0.29, 0.717) is 17.1 Å². The Morgan fingerprint density at radius 1 is 1.35 bits per heavy atom. The molecule has 0 atom stereocenters. The van der Waals surface area contributed by atoms with Crippen LogP contribution in [0.25, 0.3) is 0 Å². The number of halogens is 1. The number of carbonyl (C=O) groups excluding carboxylic acids is 1. The van der Waals surface area contributed by atoms with Crippen molar-refractivity contribution in [2.75, 3.05) is 20.8 Å². The zero-order chi connectivity index (χ0) is 16.4. The smallest absolute Gasteiger partial charge is 0.268 e. The molecule has 3 rings (SSSR count). The van der Waals surface area contributed by atoms with Crippen molar-refractivity contribution in [2.24, 2.45) is 0 Å². The summed E-state index contributed by atoms with van der Waals surface area (Å²) in [5.74, 6) is -0.00487. The second-order valence-electron chi connectivity index (χ2n) is 5.21. The summed E-state index contributed by atoms with van der Waals surface area (Å²) in [5, 5.41) is 1.89. The van der Waals surface area contributed by atoms with Crippen LogP contribution in [0.15, 0.2) is 35.7 Å². The zero-order valence-corrected chi connectivity index (χ0v) is 15.4. The highest BCUT2D eigenvalue weighted by molar-refractivity contribution is 9.10. The Labute approximate surface area is 147 Å². The minimum atomic E-state index is -3.38. The fraction of sp³-hybridized carbons (Fsp3) is 0.267. The highest BCUT2D eigenvalue weighted by Gasteiger charge is 2.24. The van der Waals surface area contributed by atoms with Crippen molar-refractivity contribution in [1.82, 2.24) is 0 Å². The van der Waals surface area contributed by atoms with Crippen LogP contribution in [0.3, 0.4) is 0 Å². The molecule has 1 amide bonds. The van der Waals surface area contributed by atoms with Crippen LogP contribution in [0.2, 0.25) is 0 Å². The van der Waals surface area contributed by atoms with Gasteiger partial charge in [-0.05, 0) is 48.1 Å². The Hall–Kier alpha value is -1.38. The maximum atomic E-state index is 12.6. The molecule has 122 valence electrons. The van der Waals surface area contributed by atoms with Crippen molar-refractivity contribution < 1.29 is 13.2 Å². The molecular formula is C15H15BrN2O3S2. The molecule has 0 saturated carbocycles. The molecule has 1 aromatic heterocycles. The van der Waals surface area contributed by atoms with Crippen LogP contribution in [0.1, 0.15) is 21.7 Å². The highest BCUT2D eigenvalue weighted by Crippen LogP contribution is 2.31. The number of rotatable bonds is 4. The normalized spacial score (nSPS) is 14.4. The third-order valence-electron chi connectivity index (χ3n) is 3.59. The molecule has 8 heteroatoms. The molecule has 23 heavy (non-hydrogen) atoms. The molecule has 0 fully saturated rings. The van der Waals surface area contributed by atoms with Crippen molar-refractivity contribution in [3.63, 3.8) is 0 Å². The van der Waals surface area contributed by atoms with Crippen LogP contribution in [0.4, 0.5) is 11.4 Å². The largest absolute Gasteiger partial charge is 0.307 e. The number of carbonyl (C=O) groups is 1. The lowest BCUT2D eigenvalue weighted by Crippen LogP contribution is -2.35. The lowest BCUT2D eigenvalue weighted by Gasteiger charge is -2.29. The maximum Gasteiger partial charge on any atom is 0.268 e. The van der Waals surface area contributed by atoms with Gasteiger partial charge in [-0.15, -0.1) is 11.3 Å². The highest BCUT2D eigenvalue weighted by atomic mass is 79.9. The van der Waals surface area contributed by atoms with Crippen molar-refractivity contribution in [2.45, 2.75) is 12.8 Å². The van der Waals surface area contributed by atoms with Crippen molar-refractivity contribution in [1.29, 1.82) is 0 Å². The summed E-state index contributed by atoms with van der Waals surface area (Å²) >= 11 is 4.38. The molecule has 0 unspecified atom stereocenters. The molecular weight excluding hydrogens is 400 g/mol. The van der Waals surface area contributed by atoms with Gasteiger partial charge in [-0.2, -0.15) is 0 Å². The minimum Gasteiger partial charge on any atom is -0.307 e. The number of fused-ring (bicyclic) bond motifs is 1. The number of nitrogens with one attached hydrogen (secondary N) is 1. The predicted octanol–water partition coefficient (Wildman–Crippen LogP) is 3.44. The molecule has 5 nitrogen and oxygen atoms in total. The van der Waals surface area contributed by atoms with Gasteiger partial charge in [-0.25, -0.2) is 8.42 Å². The first-order chi connectivity index (χ1) is 11.0. The Balaban J connectivity index is 1.90. The van der Waals surface area contributed by atoms with Gasteiger partial charge in [-0.1, -0.05) is 22.0 Å². The number of aryl methyl sites for hydroxylation is 1. The molecule has 0 bridgehead atoms. The number of thiophene rings is 1. The maximum absolute atomic E-state index is 12.6. The van der Waals surface area contributed by atoms with Gasteiger partial charge in [0.1, 0.15) is 4.66 Å². The summed E-state index contributed by atoms with van der Waals surface area (Å²) in [7, 11) is -3.38. The monoisotopic (exact) mass is 414 g/mol. The quantitative estimate of drug-likeness (QED) is 0.779. The number of nitrogens with zero attached hydrogens (tertiary/aromatic N) is 1. The Morgan fingerprint density at radius 2 is 2.17 bits per heavy atom. The summed E-state index contributed by atoms with van der Waals surface area (Å²) in [5.41, 5.74) is 2.36. The summed E-state index contributed by atoms with van der Waals surface area (Å²) in [4.78, 5) is 15.1. The molecule has 0 spiro atoms. The van der Waals surface area contributed by atoms with Gasteiger partial charge >= 0.3 is 0 Å². The average Bonchev–Trinajstić information content (AvgIpc) is 3.07. The number of anilines is 2. The van der Waals surface area contributed by atoms with Crippen LogP contribution in [0.5, 0.6) is 0 Å². The molecule has 1 N–H and O–H groups in total. The first kappa shape index (κ1) is 16.5. The van der Waals surface area contributed by atoms with E-state index >= 15 is 0 Å². The first-order valence-corrected chi connectivity index (χ1v) is 10.7. The summed E-state index contributed by atoms with van der Waals surface area (Å²) < 4.78 is 25.6. The number of sulfonamides is 1. The fourth-order valence-corrected chi connectivity index (χ4v) is 4.17. The van der Waals surface area contributed by atoms with Crippen molar-refractivity contribution in [3.8, 4) is 0 Å². The van der Waals surface area contributed by atoms with Crippen LogP contribution in [-0.2, 0) is 16.4 Å². The van der Waals surface area contributed by atoms with Gasteiger partial charge in [0, 0.05) is 17.9 Å². The molecule has 2 heterocycles. The van der Waals surface area contributed by atoms with E-state index in [1.165, 1.54) is 11.3 Å². The molecule has 0 radical (unpaired) electrons. The number of hydrogen-bond donors (Lipinski definition) is 1. The van der Waals surface area contributed by atoms with Crippen molar-refractivity contribution >= 4 is 54.6 Å². The van der Waals surface area contributed by atoms with E-state index < -0.39 is 10.0 Å². The Morgan fingerprint density at radius 3 is 2.87 bits per heavy atom. The SMILES string of the molecule is O=C(c1cccs1)N1CCCc2cc(NS(=O)(=O)CBr)ccc21. The van der Waals surface area contributed by atoms with Crippen LogP contribution >= 0.6 is 27.3 Å². The number of alkyl halides is 1. The van der Waals surface area contributed by atoms with E-state index in [4.69, 9.17) is 0 Å². The first-order valence-electron chi connectivity index (χ1n) is 7.05. The van der Waals surface area contributed by atoms with Crippen LogP contribution in [0, 0.1) is 0 Å². The average molecular weight is 415 g/mol. The van der Waals surface area contributed by atoms with Gasteiger partial charge in [0.25, 0.3) is 5.91 Å². The zero-order valence-electron chi connectivity index (χ0n) is 12.2. The van der Waals surface area contributed by atoms with E-state index in [-0.39, 0.29) is 10.6 Å². The van der Waals surface area contributed by atoms with E-state index in [2.05, 4.69) is 20.7 Å². The van der Waals surface area contributed by atoms with Crippen LogP contribution in [-0.4, -0.2) is 25.5 Å². The van der Waals surface area contributed by atoms with Crippen molar-refractivity contribution in [3.05, 3.63) is 46.2 Å². The lowest BCUT2D eigenvalue weighted by atomic mass is 10.0. The fourth-order valence-electron chi connectivity index (χ4n) is 2.61. The van der Waals surface area contributed by atoms with Gasteiger partial charge in [0.05, 0.1) is 4.88 Å². The molecule has 2 aromatic rings. The van der Waals surface area contributed by atoms with Crippen LogP contribution < -0.4 is 9.62 Å². The second kappa shape index (κ2) is 6.62. The van der Waals surface area contributed by atoms with Gasteiger partial charge in [-0.3, -0.25) is 9.52 Å². The molecule has 1 aromatic carbocycles. The topological polar surface area (TPSA) is 66.5 Å². The molecule has 0 saturated heterocycles. The third kappa shape index (κ3) is 3.59. The Bertz CT molecular complexity index is 819. The van der Waals surface area contributed by atoms with Gasteiger partial charge < -0.3 is 4.90 Å². The standard InChI is InChI=1S/C15H15BrN2O3S2/c16-10-23(20,21)17-12-5-6-13-11(9-12)3-1-7-18(13)15(19)14-4-2-8-22-14/h2,4-6,8-9,17H,1,3,7,10H2. The van der Waals surface area contributed by atoms with E-state index in [0.717, 1.165) is 24.1 Å². The Kier molecular flexibility index (Phi) is 4.74. The molecule has 0 aliphatic carbocycles. The summed E-state index contributed by atoms with van der Waals surface area (Å²) in [6.45, 7) is 0.677. The number of hydrogen-bond acceptors (Lipinski definition) is 4. The lowest BCUT2D eigenvalue weighted by molar-refractivity contribution is 0.0989. The van der Waals surface area contributed by atoms with E-state index in [9.17, 15) is 13.2 Å². The number of amides is 1. The minimum absolute atomic E-state index is 0.00487. The summed E-state index contributed by atoms with van der Waals surface area (Å²) in [6.07, 6.45) is 1.69. The second-order valence-corrected chi connectivity index (χ2v) is 9.18. The molecule has 1 aliphatic heterocycles. The predicted molar refractivity (Wildman–Crippen MR) is 97.1 cm³/mol. The third-order valence-corrected chi connectivity index (χ3v) is 7.09.